The molecule has 2 N–H and O–H groups in total. The van der Waals surface area contributed by atoms with Gasteiger partial charge < -0.3 is 15.5 Å². The number of aliphatic imine (C=N–C) groups is 1. The number of benzene rings is 1. The average molecular weight is 458 g/mol. The lowest BCUT2D eigenvalue weighted by atomic mass is 10.1. The predicted molar refractivity (Wildman–Crippen MR) is 115 cm³/mol. The Bertz CT molecular complexity index is 583. The number of guanidine groups is 1. The van der Waals surface area contributed by atoms with Crippen LogP contribution in [0.25, 0.3) is 0 Å². The lowest BCUT2D eigenvalue weighted by Crippen LogP contribution is -2.39. The molecule has 0 aromatic heterocycles. The van der Waals surface area contributed by atoms with Gasteiger partial charge in [0, 0.05) is 32.6 Å². The molecule has 140 valence electrons. The number of nitrogens with one attached hydrogen (secondary N) is 2. The smallest absolute Gasteiger partial charge is 0.224 e. The van der Waals surface area contributed by atoms with Crippen molar-refractivity contribution in [3.8, 4) is 0 Å². The van der Waals surface area contributed by atoms with Gasteiger partial charge >= 0.3 is 0 Å². The van der Waals surface area contributed by atoms with E-state index in [9.17, 15) is 4.79 Å². The molecule has 1 heterocycles. The Morgan fingerprint density at radius 1 is 1.20 bits per heavy atom. The number of aryl methyl sites for hydroxylation is 2. The van der Waals surface area contributed by atoms with Crippen LogP contribution in [0.1, 0.15) is 42.9 Å². The molecule has 1 amide bonds. The molecule has 1 aromatic carbocycles. The number of rotatable bonds is 6. The third-order valence-corrected chi connectivity index (χ3v) is 4.34. The largest absolute Gasteiger partial charge is 0.357 e. The number of amides is 1. The van der Waals surface area contributed by atoms with E-state index in [2.05, 4.69) is 47.7 Å². The van der Waals surface area contributed by atoms with E-state index in [-0.39, 0.29) is 29.9 Å². The highest BCUT2D eigenvalue weighted by atomic mass is 127. The Labute approximate surface area is 168 Å². The number of nitrogens with zero attached hydrogens (tertiary/aromatic N) is 2. The normalized spacial score (nSPS) is 14.2. The highest BCUT2D eigenvalue weighted by Gasteiger charge is 2.17. The maximum absolute atomic E-state index is 12.1. The lowest BCUT2D eigenvalue weighted by molar-refractivity contribution is -0.129. The molecule has 0 bridgehead atoms. The van der Waals surface area contributed by atoms with Crippen LogP contribution in [-0.2, 0) is 11.3 Å². The second-order valence-electron chi connectivity index (χ2n) is 6.39. The van der Waals surface area contributed by atoms with Crippen LogP contribution < -0.4 is 10.6 Å². The standard InChI is InChI=1S/C19H30N4O.HI/c1-4-20-19(21-10-9-18(24)23-11-5-6-12-23)22-14-17-8-7-15(2)13-16(17)3;/h7-8,13H,4-6,9-12,14H2,1-3H3,(H2,20,21,22);1H. The third-order valence-electron chi connectivity index (χ3n) is 4.34. The molecule has 0 atom stereocenters. The quantitative estimate of drug-likeness (QED) is 0.392. The summed E-state index contributed by atoms with van der Waals surface area (Å²) in [7, 11) is 0. The maximum Gasteiger partial charge on any atom is 0.224 e. The Hall–Kier alpha value is -1.31. The highest BCUT2D eigenvalue weighted by Crippen LogP contribution is 2.11. The van der Waals surface area contributed by atoms with E-state index in [0.29, 0.717) is 19.5 Å². The number of hydrogen-bond acceptors (Lipinski definition) is 2. The second kappa shape index (κ2) is 11.3. The zero-order valence-electron chi connectivity index (χ0n) is 15.6. The highest BCUT2D eigenvalue weighted by molar-refractivity contribution is 14.0. The molecule has 1 fully saturated rings. The van der Waals surface area contributed by atoms with Gasteiger partial charge in [0.2, 0.25) is 5.91 Å². The minimum atomic E-state index is 0. The molecule has 0 aliphatic carbocycles. The molecule has 1 aliphatic rings. The zero-order chi connectivity index (χ0) is 17.4. The topological polar surface area (TPSA) is 56.7 Å². The second-order valence-corrected chi connectivity index (χ2v) is 6.39. The van der Waals surface area contributed by atoms with Gasteiger partial charge in [-0.2, -0.15) is 0 Å². The molecule has 2 rings (SSSR count). The molecule has 25 heavy (non-hydrogen) atoms. The minimum absolute atomic E-state index is 0. The molecule has 5 nitrogen and oxygen atoms in total. The van der Waals surface area contributed by atoms with E-state index in [0.717, 1.165) is 38.4 Å². The molecule has 6 heteroatoms. The molecule has 0 radical (unpaired) electrons. The molecular formula is C19H31IN4O. The molecule has 0 unspecified atom stereocenters. The van der Waals surface area contributed by atoms with E-state index in [4.69, 9.17) is 0 Å². The van der Waals surface area contributed by atoms with Gasteiger partial charge in [0.15, 0.2) is 5.96 Å². The summed E-state index contributed by atoms with van der Waals surface area (Å²) < 4.78 is 0. The van der Waals surface area contributed by atoms with Crippen LogP contribution in [0.4, 0.5) is 0 Å². The number of hydrogen-bond donors (Lipinski definition) is 2. The first-order valence-electron chi connectivity index (χ1n) is 8.96. The fraction of sp³-hybridized carbons (Fsp3) is 0.579. The van der Waals surface area contributed by atoms with Crippen LogP contribution in [0.3, 0.4) is 0 Å². The van der Waals surface area contributed by atoms with Gasteiger partial charge in [-0.05, 0) is 44.7 Å². The average Bonchev–Trinajstić information content (AvgIpc) is 3.08. The van der Waals surface area contributed by atoms with Crippen molar-refractivity contribution in [1.82, 2.24) is 15.5 Å². The first-order valence-corrected chi connectivity index (χ1v) is 8.96. The number of carbonyl (C=O) groups is 1. The molecular weight excluding hydrogens is 427 g/mol. The summed E-state index contributed by atoms with van der Waals surface area (Å²) in [4.78, 5) is 18.7. The maximum atomic E-state index is 12.1. The van der Waals surface area contributed by atoms with Gasteiger partial charge in [-0.1, -0.05) is 23.8 Å². The van der Waals surface area contributed by atoms with Crippen LogP contribution >= 0.6 is 24.0 Å². The summed E-state index contributed by atoms with van der Waals surface area (Å²) in [5, 5.41) is 6.51. The van der Waals surface area contributed by atoms with Crippen molar-refractivity contribution >= 4 is 35.8 Å². The Balaban J connectivity index is 0.00000312. The van der Waals surface area contributed by atoms with Crippen LogP contribution in [0.2, 0.25) is 0 Å². The van der Waals surface area contributed by atoms with Crippen molar-refractivity contribution in [2.45, 2.75) is 46.6 Å². The van der Waals surface area contributed by atoms with Gasteiger partial charge in [-0.15, -0.1) is 24.0 Å². The number of likely N-dealkylation sites (tertiary alicyclic amines) is 1. The minimum Gasteiger partial charge on any atom is -0.357 e. The van der Waals surface area contributed by atoms with Gasteiger partial charge in [-0.3, -0.25) is 4.79 Å². The Kier molecular flexibility index (Phi) is 9.85. The van der Waals surface area contributed by atoms with Crippen molar-refractivity contribution in [2.24, 2.45) is 4.99 Å². The summed E-state index contributed by atoms with van der Waals surface area (Å²) in [6, 6.07) is 6.43. The van der Waals surface area contributed by atoms with Crippen LogP contribution in [0, 0.1) is 13.8 Å². The van der Waals surface area contributed by atoms with Crippen molar-refractivity contribution in [2.75, 3.05) is 26.2 Å². The van der Waals surface area contributed by atoms with Crippen molar-refractivity contribution in [3.05, 3.63) is 34.9 Å². The fourth-order valence-electron chi connectivity index (χ4n) is 2.94. The summed E-state index contributed by atoms with van der Waals surface area (Å²) in [6.07, 6.45) is 2.80. The van der Waals surface area contributed by atoms with E-state index in [1.165, 1.54) is 16.7 Å². The van der Waals surface area contributed by atoms with Crippen molar-refractivity contribution in [1.29, 1.82) is 0 Å². The van der Waals surface area contributed by atoms with E-state index >= 15 is 0 Å². The van der Waals surface area contributed by atoms with Crippen LogP contribution in [-0.4, -0.2) is 42.9 Å². The lowest BCUT2D eigenvalue weighted by Gasteiger charge is -2.16. The molecule has 0 spiro atoms. The van der Waals surface area contributed by atoms with E-state index in [1.54, 1.807) is 0 Å². The summed E-state index contributed by atoms with van der Waals surface area (Å²) in [6.45, 7) is 10.2. The van der Waals surface area contributed by atoms with Gasteiger partial charge in [0.05, 0.1) is 6.54 Å². The summed E-state index contributed by atoms with van der Waals surface area (Å²) >= 11 is 0. The third kappa shape index (κ3) is 7.22. The van der Waals surface area contributed by atoms with Gasteiger partial charge in [-0.25, -0.2) is 4.99 Å². The molecule has 1 saturated heterocycles. The van der Waals surface area contributed by atoms with E-state index < -0.39 is 0 Å². The Morgan fingerprint density at radius 3 is 2.56 bits per heavy atom. The monoisotopic (exact) mass is 458 g/mol. The fourth-order valence-corrected chi connectivity index (χ4v) is 2.94. The molecule has 1 aromatic rings. The molecule has 0 saturated carbocycles. The first-order chi connectivity index (χ1) is 11.6. The zero-order valence-corrected chi connectivity index (χ0v) is 17.9. The predicted octanol–water partition coefficient (Wildman–Crippen LogP) is 2.99. The van der Waals surface area contributed by atoms with Gasteiger partial charge in [0.1, 0.15) is 0 Å². The summed E-state index contributed by atoms with van der Waals surface area (Å²) in [5.41, 5.74) is 3.76. The first kappa shape index (κ1) is 21.7. The van der Waals surface area contributed by atoms with Crippen LogP contribution in [0.5, 0.6) is 0 Å². The van der Waals surface area contributed by atoms with Crippen LogP contribution in [0.15, 0.2) is 23.2 Å². The van der Waals surface area contributed by atoms with Crippen molar-refractivity contribution < 1.29 is 4.79 Å². The SMILES string of the molecule is CCNC(=NCc1ccc(C)cc1C)NCCC(=O)N1CCCC1.I. The Morgan fingerprint density at radius 2 is 1.92 bits per heavy atom. The molecule has 1 aliphatic heterocycles. The van der Waals surface area contributed by atoms with Crippen molar-refractivity contribution in [3.63, 3.8) is 0 Å². The summed E-state index contributed by atoms with van der Waals surface area (Å²) in [5.74, 6) is 1.01. The van der Waals surface area contributed by atoms with E-state index in [1.807, 2.05) is 11.8 Å². The van der Waals surface area contributed by atoms with Gasteiger partial charge in [0.25, 0.3) is 0 Å². The number of carbonyl (C=O) groups excluding carboxylic acids is 1. The number of halogens is 1.